The van der Waals surface area contributed by atoms with Crippen LogP contribution in [0.1, 0.15) is 98.8 Å². The van der Waals surface area contributed by atoms with Gasteiger partial charge in [0, 0.05) is 0 Å². The number of ether oxygens (including phenoxy) is 1. The van der Waals surface area contributed by atoms with Gasteiger partial charge in [0.1, 0.15) is 0 Å². The summed E-state index contributed by atoms with van der Waals surface area (Å²) < 4.78 is 5.77. The van der Waals surface area contributed by atoms with Crippen molar-refractivity contribution >= 4 is 11.9 Å². The highest BCUT2D eigenvalue weighted by molar-refractivity contribution is 5.81. The summed E-state index contributed by atoms with van der Waals surface area (Å²) >= 11 is 0. The van der Waals surface area contributed by atoms with Gasteiger partial charge in [-0.1, -0.05) is 66.7 Å². The molecule has 2 aliphatic rings. The van der Waals surface area contributed by atoms with Crippen molar-refractivity contribution in [2.75, 3.05) is 6.61 Å². The minimum atomic E-state index is -0.846. The van der Waals surface area contributed by atoms with Gasteiger partial charge < -0.3 is 9.84 Å². The fourth-order valence-electron chi connectivity index (χ4n) is 6.04. The number of hydrogen-bond acceptors (Lipinski definition) is 3. The number of esters is 1. The minimum absolute atomic E-state index is 0.274. The molecule has 0 amide bonds. The lowest BCUT2D eigenvalue weighted by atomic mass is 9.54. The molecule has 2 fully saturated rings. The van der Waals surface area contributed by atoms with Gasteiger partial charge in [0.15, 0.2) is 0 Å². The number of carboxylic acids is 1. The molecule has 4 heteroatoms. The molecule has 0 aromatic heterocycles. The Kier molecular flexibility index (Phi) is 9.03. The molecule has 6 atom stereocenters. The molecule has 2 aliphatic carbocycles. The lowest BCUT2D eigenvalue weighted by Gasteiger charge is -2.51. The van der Waals surface area contributed by atoms with Crippen LogP contribution in [0, 0.1) is 40.9 Å². The number of carbonyl (C=O) groups is 2. The Labute approximate surface area is 178 Å². The van der Waals surface area contributed by atoms with Crippen molar-refractivity contribution in [3.05, 3.63) is 0 Å². The molecule has 0 aromatic rings. The van der Waals surface area contributed by atoms with E-state index in [1.807, 2.05) is 0 Å². The van der Waals surface area contributed by atoms with Crippen molar-refractivity contribution in [2.24, 2.45) is 40.9 Å². The van der Waals surface area contributed by atoms with E-state index in [0.717, 1.165) is 19.3 Å². The molecular weight excluding hydrogens is 364 g/mol. The lowest BCUT2D eigenvalue weighted by Crippen LogP contribution is -2.45. The average molecular weight is 409 g/mol. The third-order valence-corrected chi connectivity index (χ3v) is 8.54. The van der Waals surface area contributed by atoms with Gasteiger partial charge in [0.2, 0.25) is 0 Å². The zero-order chi connectivity index (χ0) is 21.6. The van der Waals surface area contributed by atoms with Gasteiger partial charge in [-0.05, 0) is 61.2 Å². The molecule has 2 saturated carbocycles. The van der Waals surface area contributed by atoms with Crippen LogP contribution < -0.4 is 0 Å². The van der Waals surface area contributed by atoms with E-state index in [1.54, 1.807) is 0 Å². The molecule has 0 bridgehead atoms. The summed E-state index contributed by atoms with van der Waals surface area (Å²) in [6, 6.07) is 0. The Balaban J connectivity index is 1.99. The molecule has 0 radical (unpaired) electrons. The first-order chi connectivity index (χ1) is 13.7. The molecule has 2 rings (SSSR count). The second-order valence-electron chi connectivity index (χ2n) is 10.4. The van der Waals surface area contributed by atoms with Crippen LogP contribution >= 0.6 is 0 Å². The molecule has 0 aliphatic heterocycles. The fraction of sp³-hybridized carbons (Fsp3) is 0.920. The van der Waals surface area contributed by atoms with Crippen LogP contribution in [0.4, 0.5) is 0 Å². The predicted octanol–water partition coefficient (Wildman–Crippen LogP) is 6.33. The number of aliphatic carboxylic acids is 1. The number of carboxylic acid groups (broad SMARTS) is 1. The maximum absolute atomic E-state index is 12.7. The summed E-state index contributed by atoms with van der Waals surface area (Å²) in [7, 11) is 0. The molecule has 0 spiro atoms. The Morgan fingerprint density at radius 2 is 1.76 bits per heavy atom. The van der Waals surface area contributed by atoms with E-state index in [1.165, 1.54) is 32.1 Å². The molecule has 6 unspecified atom stereocenters. The van der Waals surface area contributed by atoms with Gasteiger partial charge in [-0.25, -0.2) is 0 Å². The van der Waals surface area contributed by atoms with Gasteiger partial charge in [0.05, 0.1) is 18.4 Å². The summed E-state index contributed by atoms with van der Waals surface area (Å²) in [6.45, 7) is 12.2. The predicted molar refractivity (Wildman–Crippen MR) is 117 cm³/mol. The van der Waals surface area contributed by atoms with Crippen molar-refractivity contribution in [3.8, 4) is 0 Å². The van der Waals surface area contributed by atoms with Crippen molar-refractivity contribution in [2.45, 2.75) is 98.8 Å². The van der Waals surface area contributed by atoms with Crippen LogP contribution in [0.15, 0.2) is 0 Å². The highest BCUT2D eigenvalue weighted by Crippen LogP contribution is 2.53. The highest BCUT2D eigenvalue weighted by atomic mass is 16.5. The quantitative estimate of drug-likeness (QED) is 0.358. The number of hydrogen-bond donors (Lipinski definition) is 1. The summed E-state index contributed by atoms with van der Waals surface area (Å²) in [4.78, 5) is 24.2. The summed E-state index contributed by atoms with van der Waals surface area (Å²) in [5.41, 5.74) is 0.353. The number of unbranched alkanes of at least 4 members (excludes halogenated alkanes) is 2. The van der Waals surface area contributed by atoms with Crippen LogP contribution in [-0.4, -0.2) is 23.7 Å². The second-order valence-corrected chi connectivity index (χ2v) is 10.4. The van der Waals surface area contributed by atoms with E-state index in [9.17, 15) is 14.7 Å². The molecule has 4 nitrogen and oxygen atoms in total. The zero-order valence-corrected chi connectivity index (χ0v) is 19.4. The van der Waals surface area contributed by atoms with E-state index in [2.05, 4.69) is 34.6 Å². The normalized spacial score (nSPS) is 35.4. The van der Waals surface area contributed by atoms with Crippen molar-refractivity contribution in [1.82, 2.24) is 0 Å². The largest absolute Gasteiger partial charge is 0.481 e. The van der Waals surface area contributed by atoms with Crippen molar-refractivity contribution in [1.29, 1.82) is 0 Å². The highest BCUT2D eigenvalue weighted by Gasteiger charge is 2.46. The topological polar surface area (TPSA) is 63.6 Å². The Morgan fingerprint density at radius 1 is 1.10 bits per heavy atom. The fourth-order valence-corrected chi connectivity index (χ4v) is 6.04. The van der Waals surface area contributed by atoms with Gasteiger partial charge in [-0.15, -0.1) is 0 Å². The third-order valence-electron chi connectivity index (χ3n) is 8.54. The molecule has 0 saturated heterocycles. The van der Waals surface area contributed by atoms with E-state index in [-0.39, 0.29) is 5.97 Å². The first-order valence-corrected chi connectivity index (χ1v) is 12.1. The average Bonchev–Trinajstić information content (AvgIpc) is 2.69. The lowest BCUT2D eigenvalue weighted by molar-refractivity contribution is -0.162. The van der Waals surface area contributed by atoms with Crippen molar-refractivity contribution in [3.63, 3.8) is 0 Å². The second kappa shape index (κ2) is 10.8. The van der Waals surface area contributed by atoms with Crippen molar-refractivity contribution < 1.29 is 19.4 Å². The van der Waals surface area contributed by atoms with Crippen LogP contribution in [0.2, 0.25) is 0 Å². The molecule has 0 heterocycles. The maximum atomic E-state index is 12.7. The summed E-state index contributed by atoms with van der Waals surface area (Å²) in [6.07, 6.45) is 10.4. The minimum Gasteiger partial charge on any atom is -0.481 e. The molecule has 0 aromatic carbocycles. The summed E-state index contributed by atoms with van der Waals surface area (Å²) in [5.74, 6) is 0.0937. The van der Waals surface area contributed by atoms with Gasteiger partial charge in [0.25, 0.3) is 0 Å². The first kappa shape index (κ1) is 24.2. The van der Waals surface area contributed by atoms with E-state index >= 15 is 0 Å². The van der Waals surface area contributed by atoms with E-state index < -0.39 is 17.8 Å². The smallest absolute Gasteiger partial charge is 0.309 e. The Morgan fingerprint density at radius 3 is 2.34 bits per heavy atom. The van der Waals surface area contributed by atoms with Gasteiger partial charge in [-0.3, -0.25) is 9.59 Å². The number of carbonyl (C=O) groups excluding carboxylic acids is 1. The first-order valence-electron chi connectivity index (χ1n) is 12.1. The molecule has 29 heavy (non-hydrogen) atoms. The maximum Gasteiger partial charge on any atom is 0.309 e. The Hall–Kier alpha value is -1.06. The van der Waals surface area contributed by atoms with E-state index in [4.69, 9.17) is 4.74 Å². The van der Waals surface area contributed by atoms with Crippen LogP contribution in [0.5, 0.6) is 0 Å². The van der Waals surface area contributed by atoms with Crippen LogP contribution in [-0.2, 0) is 14.3 Å². The van der Waals surface area contributed by atoms with E-state index in [0.29, 0.717) is 48.5 Å². The number of rotatable bonds is 9. The molecule has 168 valence electrons. The van der Waals surface area contributed by atoms with Crippen LogP contribution in [0.3, 0.4) is 0 Å². The Bertz CT molecular complexity index is 543. The molecular formula is C25H44O4. The van der Waals surface area contributed by atoms with Gasteiger partial charge in [-0.2, -0.15) is 0 Å². The molecule has 1 N–H and O–H groups in total. The zero-order valence-electron chi connectivity index (χ0n) is 19.4. The van der Waals surface area contributed by atoms with Gasteiger partial charge >= 0.3 is 11.9 Å². The third kappa shape index (κ3) is 5.76. The summed E-state index contributed by atoms with van der Waals surface area (Å²) in [5, 5.41) is 9.46. The SMILES string of the molecule is CCCCCC1C(C)C(COC(=O)C2CCCCC2C(=O)O)CCC1(C)C(C)C. The monoisotopic (exact) mass is 408 g/mol. The standard InChI is InChI=1S/C25H44O4/c1-6-7-8-13-22-18(4)19(14-15-25(22,5)17(2)3)16-29-24(28)21-12-10-9-11-20(21)23(26)27/h17-22H,6-16H2,1-5H3,(H,26,27). The van der Waals surface area contributed by atoms with Crippen LogP contribution in [0.25, 0.3) is 0 Å².